The maximum Gasteiger partial charge on any atom is 0.267 e. The van der Waals surface area contributed by atoms with E-state index in [0.717, 1.165) is 17.3 Å². The lowest BCUT2D eigenvalue weighted by Gasteiger charge is -2.17. The van der Waals surface area contributed by atoms with Crippen molar-refractivity contribution in [1.29, 1.82) is 0 Å². The minimum absolute atomic E-state index is 0.200. The van der Waals surface area contributed by atoms with E-state index in [1.165, 1.54) is 9.80 Å². The van der Waals surface area contributed by atoms with Gasteiger partial charge < -0.3 is 10.1 Å². The average molecular weight is 564 g/mol. The van der Waals surface area contributed by atoms with E-state index >= 15 is 0 Å². The van der Waals surface area contributed by atoms with E-state index in [2.05, 4.69) is 5.32 Å². The number of rotatable bonds is 7. The van der Waals surface area contributed by atoms with Gasteiger partial charge in [-0.3, -0.25) is 24.2 Å². The number of ether oxygens (including phenoxy) is 1. The Balaban J connectivity index is 1.39. The quantitative estimate of drug-likeness (QED) is 0.302. The molecular weight excluding hydrogens is 542 g/mol. The van der Waals surface area contributed by atoms with Crippen LogP contribution in [0.2, 0.25) is 5.02 Å². The number of para-hydroxylation sites is 1. The van der Waals surface area contributed by atoms with Crippen molar-refractivity contribution in [3.05, 3.63) is 93.9 Å². The minimum atomic E-state index is -0.425. The van der Waals surface area contributed by atoms with Crippen LogP contribution in [-0.4, -0.2) is 40.1 Å². The van der Waals surface area contributed by atoms with Crippen molar-refractivity contribution < 1.29 is 19.1 Å². The normalized spacial score (nSPS) is 16.7. The Bertz CT molecular complexity index is 1490. The topological polar surface area (TPSA) is 79.0 Å². The Hall–Kier alpha value is -3.66. The summed E-state index contributed by atoms with van der Waals surface area (Å²) in [4.78, 5) is 43.1. The van der Waals surface area contributed by atoms with Gasteiger partial charge in [0.25, 0.3) is 11.8 Å². The zero-order valence-corrected chi connectivity index (χ0v) is 22.7. The van der Waals surface area contributed by atoms with Crippen molar-refractivity contribution in [3.63, 3.8) is 0 Å². The Labute approximate surface area is 234 Å². The van der Waals surface area contributed by atoms with Gasteiger partial charge in [-0.25, -0.2) is 0 Å². The maximum absolute atomic E-state index is 13.6. The fourth-order valence-electron chi connectivity index (χ4n) is 4.28. The van der Waals surface area contributed by atoms with Crippen LogP contribution in [0.15, 0.2) is 77.7 Å². The Morgan fingerprint density at radius 2 is 1.68 bits per heavy atom. The molecule has 0 saturated carbocycles. The predicted octanol–water partition coefficient (Wildman–Crippen LogP) is 5.50. The summed E-state index contributed by atoms with van der Waals surface area (Å²) in [5.41, 5.74) is 2.73. The number of carbonyl (C=O) groups excluding carboxylic acids is 3. The van der Waals surface area contributed by atoms with Crippen LogP contribution in [0.4, 0.5) is 11.4 Å². The molecule has 5 rings (SSSR count). The molecule has 2 aliphatic heterocycles. The number of halogens is 1. The molecule has 2 aliphatic rings. The molecular formula is C28H22ClN3O4S2. The van der Waals surface area contributed by atoms with E-state index in [-0.39, 0.29) is 35.4 Å². The van der Waals surface area contributed by atoms with E-state index in [1.807, 2.05) is 25.1 Å². The predicted molar refractivity (Wildman–Crippen MR) is 154 cm³/mol. The van der Waals surface area contributed by atoms with Crippen LogP contribution in [0.5, 0.6) is 5.75 Å². The van der Waals surface area contributed by atoms with Crippen LogP contribution < -0.4 is 15.0 Å². The molecule has 0 aliphatic carbocycles. The van der Waals surface area contributed by atoms with Crippen molar-refractivity contribution >= 4 is 74.6 Å². The van der Waals surface area contributed by atoms with Crippen LogP contribution >= 0.6 is 35.6 Å². The second-order valence-corrected chi connectivity index (χ2v) is 10.5. The summed E-state index contributed by atoms with van der Waals surface area (Å²) in [5.74, 6) is -0.458. The molecule has 192 valence electrons. The van der Waals surface area contributed by atoms with Crippen molar-refractivity contribution in [2.24, 2.45) is 0 Å². The van der Waals surface area contributed by atoms with Crippen LogP contribution in [0.25, 0.3) is 5.57 Å². The van der Waals surface area contributed by atoms with Gasteiger partial charge in [-0.15, -0.1) is 0 Å². The smallest absolute Gasteiger partial charge is 0.267 e. The van der Waals surface area contributed by atoms with Gasteiger partial charge in [-0.1, -0.05) is 72.0 Å². The van der Waals surface area contributed by atoms with Gasteiger partial charge in [0.2, 0.25) is 5.91 Å². The number of hydrogen-bond donors (Lipinski definition) is 1. The third-order valence-corrected chi connectivity index (χ3v) is 7.85. The summed E-state index contributed by atoms with van der Waals surface area (Å²) in [5, 5.41) is 3.34. The monoisotopic (exact) mass is 563 g/mol. The summed E-state index contributed by atoms with van der Waals surface area (Å²) >= 11 is 12.9. The van der Waals surface area contributed by atoms with Crippen molar-refractivity contribution in [1.82, 2.24) is 4.90 Å². The largest absolute Gasteiger partial charge is 0.494 e. The number of thioether (sulfide) groups is 1. The maximum atomic E-state index is 13.6. The third-order valence-electron chi connectivity index (χ3n) is 6.04. The molecule has 1 fully saturated rings. The summed E-state index contributed by atoms with van der Waals surface area (Å²) in [6.07, 6.45) is 0. The molecule has 3 aromatic rings. The second kappa shape index (κ2) is 11.0. The van der Waals surface area contributed by atoms with Gasteiger partial charge in [-0.05, 0) is 48.9 Å². The Kier molecular flexibility index (Phi) is 7.51. The molecule has 10 heteroatoms. The summed E-state index contributed by atoms with van der Waals surface area (Å²) in [6.45, 7) is 2.42. The standard InChI is InChI=1S/C28H22ClN3O4S2/c1-2-36-19-13-11-18(12-14-19)30-23(33)16-31-22-10-6-4-8-20(22)24(26(31)34)25-27(35)32(28(37)38-25)15-17-7-3-5-9-21(17)29/h3-14H,2,15-16H2,1H3,(H,30,33). The summed E-state index contributed by atoms with van der Waals surface area (Å²) < 4.78 is 5.77. The van der Waals surface area contributed by atoms with Crippen LogP contribution in [0.3, 0.4) is 0 Å². The van der Waals surface area contributed by atoms with E-state index in [4.69, 9.17) is 28.6 Å². The van der Waals surface area contributed by atoms with Crippen LogP contribution in [0, 0.1) is 0 Å². The first-order valence-electron chi connectivity index (χ1n) is 11.8. The van der Waals surface area contributed by atoms with Crippen LogP contribution in [0.1, 0.15) is 18.1 Å². The first-order valence-corrected chi connectivity index (χ1v) is 13.4. The molecule has 0 spiro atoms. The zero-order chi connectivity index (χ0) is 26.8. The molecule has 0 bridgehead atoms. The molecule has 0 aromatic heterocycles. The van der Waals surface area contributed by atoms with Gasteiger partial charge >= 0.3 is 0 Å². The molecule has 3 aromatic carbocycles. The molecule has 7 nitrogen and oxygen atoms in total. The van der Waals surface area contributed by atoms with E-state index in [1.54, 1.807) is 54.6 Å². The number of amides is 3. The summed E-state index contributed by atoms with van der Waals surface area (Å²) in [7, 11) is 0. The molecule has 1 N–H and O–H groups in total. The molecule has 0 radical (unpaired) electrons. The average Bonchev–Trinajstić information content (AvgIpc) is 3.33. The third kappa shape index (κ3) is 5.05. The fraction of sp³-hybridized carbons (Fsp3) is 0.143. The number of nitrogens with zero attached hydrogens (tertiary/aromatic N) is 2. The number of thiocarbonyl (C=S) groups is 1. The zero-order valence-electron chi connectivity index (χ0n) is 20.3. The van der Waals surface area contributed by atoms with Gasteiger partial charge in [0.15, 0.2) is 0 Å². The van der Waals surface area contributed by atoms with Gasteiger partial charge in [0.05, 0.1) is 29.3 Å². The molecule has 1 saturated heterocycles. The SMILES string of the molecule is CCOc1ccc(NC(=O)CN2C(=O)C(=C3SC(=S)N(Cc4ccccc4Cl)C3=O)c3ccccc32)cc1. The highest BCUT2D eigenvalue weighted by Gasteiger charge is 2.42. The van der Waals surface area contributed by atoms with E-state index in [9.17, 15) is 14.4 Å². The molecule has 2 heterocycles. The van der Waals surface area contributed by atoms with Gasteiger partial charge in [0, 0.05) is 16.3 Å². The van der Waals surface area contributed by atoms with Crippen molar-refractivity contribution in [2.45, 2.75) is 13.5 Å². The molecule has 0 atom stereocenters. The number of hydrogen-bond acceptors (Lipinski definition) is 6. The van der Waals surface area contributed by atoms with E-state index in [0.29, 0.717) is 38.6 Å². The highest BCUT2D eigenvalue weighted by Crippen LogP contribution is 2.45. The first kappa shape index (κ1) is 26.0. The number of benzene rings is 3. The van der Waals surface area contributed by atoms with Gasteiger partial charge in [0.1, 0.15) is 16.6 Å². The Morgan fingerprint density at radius 1 is 0.974 bits per heavy atom. The van der Waals surface area contributed by atoms with Crippen molar-refractivity contribution in [2.75, 3.05) is 23.4 Å². The molecule has 38 heavy (non-hydrogen) atoms. The van der Waals surface area contributed by atoms with Crippen LogP contribution in [-0.2, 0) is 20.9 Å². The number of anilines is 2. The highest BCUT2D eigenvalue weighted by molar-refractivity contribution is 8.26. The summed E-state index contributed by atoms with van der Waals surface area (Å²) in [6, 6.07) is 21.3. The first-order chi connectivity index (χ1) is 18.4. The number of nitrogens with one attached hydrogen (secondary N) is 1. The second-order valence-electron chi connectivity index (χ2n) is 8.47. The number of fused-ring (bicyclic) bond motifs is 1. The van der Waals surface area contributed by atoms with Gasteiger partial charge in [-0.2, -0.15) is 0 Å². The minimum Gasteiger partial charge on any atom is -0.494 e. The lowest BCUT2D eigenvalue weighted by Crippen LogP contribution is -2.35. The Morgan fingerprint density at radius 3 is 2.42 bits per heavy atom. The number of carbonyl (C=O) groups is 3. The van der Waals surface area contributed by atoms with E-state index < -0.39 is 5.91 Å². The highest BCUT2D eigenvalue weighted by atomic mass is 35.5. The lowest BCUT2D eigenvalue weighted by atomic mass is 10.1. The lowest BCUT2D eigenvalue weighted by molar-refractivity contribution is -0.122. The fourth-order valence-corrected chi connectivity index (χ4v) is 5.81. The van der Waals surface area contributed by atoms with Crippen molar-refractivity contribution in [3.8, 4) is 5.75 Å². The molecule has 3 amide bonds. The molecule has 0 unspecified atom stereocenters.